The van der Waals surface area contributed by atoms with Crippen molar-refractivity contribution in [1.82, 2.24) is 14.4 Å². The molecule has 3 rings (SSSR count). The van der Waals surface area contributed by atoms with Crippen molar-refractivity contribution in [2.75, 3.05) is 0 Å². The van der Waals surface area contributed by atoms with Crippen LogP contribution in [0, 0.1) is 0 Å². The summed E-state index contributed by atoms with van der Waals surface area (Å²) in [5.74, 6) is 0. The summed E-state index contributed by atoms with van der Waals surface area (Å²) in [6.45, 7) is 0. The minimum Gasteiger partial charge on any atom is -0.294 e. The molecule has 0 amide bonds. The molecule has 0 aromatic carbocycles. The molecule has 108 valence electrons. The van der Waals surface area contributed by atoms with E-state index in [4.69, 9.17) is 0 Å². The molecule has 3 heterocycles. The largest absolute Gasteiger partial charge is 0.417 e. The summed E-state index contributed by atoms with van der Waals surface area (Å²) in [5, 5.41) is 0.311. The molecule has 0 saturated heterocycles. The van der Waals surface area contributed by atoms with Crippen LogP contribution < -0.4 is 0 Å². The molecule has 0 aliphatic heterocycles. The molecule has 21 heavy (non-hydrogen) atoms. The number of thiol groups is 1. The van der Waals surface area contributed by atoms with Gasteiger partial charge in [-0.25, -0.2) is 4.98 Å². The highest BCUT2D eigenvalue weighted by Crippen LogP contribution is 2.32. The van der Waals surface area contributed by atoms with Gasteiger partial charge in [-0.15, -0.1) is 12.6 Å². The molecule has 0 saturated carbocycles. The van der Waals surface area contributed by atoms with Crippen LogP contribution in [-0.2, 0) is 6.18 Å². The molecular weight excluding hydrogens is 367 g/mol. The zero-order valence-electron chi connectivity index (χ0n) is 10.3. The van der Waals surface area contributed by atoms with Crippen molar-refractivity contribution in [2.24, 2.45) is 0 Å². The van der Waals surface area contributed by atoms with E-state index in [1.165, 1.54) is 10.5 Å². The number of hydrogen-bond donors (Lipinski definition) is 1. The molecule has 0 fully saturated rings. The molecule has 0 aliphatic carbocycles. The van der Waals surface area contributed by atoms with Gasteiger partial charge in [0.2, 0.25) is 0 Å². The Morgan fingerprint density at radius 2 is 1.90 bits per heavy atom. The van der Waals surface area contributed by atoms with Gasteiger partial charge in [0.05, 0.1) is 11.3 Å². The van der Waals surface area contributed by atoms with Gasteiger partial charge in [0.1, 0.15) is 16.4 Å². The van der Waals surface area contributed by atoms with Crippen LogP contribution in [0.15, 0.2) is 46.2 Å². The van der Waals surface area contributed by atoms with Crippen LogP contribution in [0.2, 0.25) is 0 Å². The van der Waals surface area contributed by atoms with Crippen molar-refractivity contribution < 1.29 is 13.2 Å². The fourth-order valence-corrected chi connectivity index (χ4v) is 2.45. The quantitative estimate of drug-likeness (QED) is 0.638. The van der Waals surface area contributed by atoms with Crippen LogP contribution in [0.5, 0.6) is 0 Å². The number of pyridine rings is 2. The average molecular weight is 374 g/mol. The third-order valence-corrected chi connectivity index (χ3v) is 3.79. The molecular formula is C13H7BrF3N3S. The Morgan fingerprint density at radius 1 is 1.14 bits per heavy atom. The van der Waals surface area contributed by atoms with Crippen molar-refractivity contribution in [1.29, 1.82) is 0 Å². The average Bonchev–Trinajstić information content (AvgIpc) is 2.76. The summed E-state index contributed by atoms with van der Waals surface area (Å²) < 4.78 is 40.3. The maximum atomic E-state index is 12.7. The number of halogens is 4. The van der Waals surface area contributed by atoms with Gasteiger partial charge in [-0.05, 0) is 40.2 Å². The Kier molecular flexibility index (Phi) is 3.45. The van der Waals surface area contributed by atoms with Gasteiger partial charge in [-0.1, -0.05) is 0 Å². The molecule has 0 aliphatic rings. The van der Waals surface area contributed by atoms with E-state index in [2.05, 4.69) is 38.5 Å². The van der Waals surface area contributed by atoms with E-state index in [0.717, 1.165) is 16.7 Å². The molecule has 0 radical (unpaired) electrons. The zero-order chi connectivity index (χ0) is 15.2. The van der Waals surface area contributed by atoms with Gasteiger partial charge in [0, 0.05) is 16.9 Å². The van der Waals surface area contributed by atoms with Gasteiger partial charge < -0.3 is 0 Å². The third kappa shape index (κ3) is 2.65. The fourth-order valence-electron chi connectivity index (χ4n) is 1.89. The predicted octanol–water partition coefficient (Wildman–Crippen LogP) is 4.47. The summed E-state index contributed by atoms with van der Waals surface area (Å²) in [6, 6.07) is 5.80. The first-order valence-electron chi connectivity index (χ1n) is 5.76. The number of rotatable bonds is 1. The molecule has 8 heteroatoms. The SMILES string of the molecule is FC(F)(F)c1ccc2nc(-c3ccc(Br)cn3)c(S)n2c1. The maximum Gasteiger partial charge on any atom is 0.417 e. The number of alkyl halides is 3. The van der Waals surface area contributed by atoms with Gasteiger partial charge in [0.15, 0.2) is 0 Å². The highest BCUT2D eigenvalue weighted by atomic mass is 79.9. The summed E-state index contributed by atoms with van der Waals surface area (Å²) >= 11 is 7.55. The minimum absolute atomic E-state index is 0.311. The Morgan fingerprint density at radius 3 is 2.52 bits per heavy atom. The Balaban J connectivity index is 2.18. The van der Waals surface area contributed by atoms with Crippen LogP contribution in [0.3, 0.4) is 0 Å². The summed E-state index contributed by atoms with van der Waals surface area (Å²) in [7, 11) is 0. The molecule has 0 spiro atoms. The van der Waals surface area contributed by atoms with Crippen molar-refractivity contribution in [3.05, 3.63) is 46.7 Å². The van der Waals surface area contributed by atoms with Crippen LogP contribution in [0.25, 0.3) is 17.0 Å². The van der Waals surface area contributed by atoms with E-state index in [1.54, 1.807) is 18.3 Å². The van der Waals surface area contributed by atoms with Crippen LogP contribution in [0.1, 0.15) is 5.56 Å². The normalized spacial score (nSPS) is 12.0. The second-order valence-electron chi connectivity index (χ2n) is 4.29. The van der Waals surface area contributed by atoms with Crippen molar-refractivity contribution in [2.45, 2.75) is 11.2 Å². The number of hydrogen-bond acceptors (Lipinski definition) is 3. The summed E-state index contributed by atoms with van der Waals surface area (Å²) in [5.41, 5.74) is 0.608. The van der Waals surface area contributed by atoms with Gasteiger partial charge in [0.25, 0.3) is 0 Å². The van der Waals surface area contributed by atoms with Crippen LogP contribution in [-0.4, -0.2) is 14.4 Å². The van der Waals surface area contributed by atoms with Crippen molar-refractivity contribution >= 4 is 34.2 Å². The number of aromatic nitrogens is 3. The lowest BCUT2D eigenvalue weighted by molar-refractivity contribution is -0.137. The van der Waals surface area contributed by atoms with E-state index in [0.29, 0.717) is 22.1 Å². The maximum absolute atomic E-state index is 12.7. The topological polar surface area (TPSA) is 30.2 Å². The highest BCUT2D eigenvalue weighted by molar-refractivity contribution is 9.10. The molecule has 3 aromatic heterocycles. The predicted molar refractivity (Wildman–Crippen MR) is 78.4 cm³/mol. The second kappa shape index (κ2) is 5.03. The molecule has 0 atom stereocenters. The zero-order valence-corrected chi connectivity index (χ0v) is 12.7. The third-order valence-electron chi connectivity index (χ3n) is 2.89. The van der Waals surface area contributed by atoms with E-state index < -0.39 is 11.7 Å². The molecule has 0 bridgehead atoms. The van der Waals surface area contributed by atoms with E-state index >= 15 is 0 Å². The van der Waals surface area contributed by atoms with E-state index in [1.807, 2.05) is 0 Å². The molecule has 0 unspecified atom stereocenters. The van der Waals surface area contributed by atoms with E-state index in [9.17, 15) is 13.2 Å². The first-order valence-corrected chi connectivity index (χ1v) is 7.00. The van der Waals surface area contributed by atoms with Crippen LogP contribution >= 0.6 is 28.6 Å². The van der Waals surface area contributed by atoms with Crippen LogP contribution in [0.4, 0.5) is 13.2 Å². The molecule has 3 nitrogen and oxygen atoms in total. The monoisotopic (exact) mass is 373 g/mol. The number of nitrogens with zero attached hydrogens (tertiary/aromatic N) is 3. The fraction of sp³-hybridized carbons (Fsp3) is 0.0769. The second-order valence-corrected chi connectivity index (χ2v) is 5.63. The Labute approximate surface area is 131 Å². The van der Waals surface area contributed by atoms with Crippen molar-refractivity contribution in [3.63, 3.8) is 0 Å². The first-order chi connectivity index (χ1) is 9.86. The van der Waals surface area contributed by atoms with Gasteiger partial charge in [-0.2, -0.15) is 13.2 Å². The Bertz CT molecular complexity index is 812. The van der Waals surface area contributed by atoms with Gasteiger partial charge >= 0.3 is 6.18 Å². The number of fused-ring (bicyclic) bond motifs is 1. The lowest BCUT2D eigenvalue weighted by Gasteiger charge is -2.06. The number of imidazole rings is 1. The first kappa shape index (κ1) is 14.4. The lowest BCUT2D eigenvalue weighted by atomic mass is 10.3. The molecule has 3 aromatic rings. The standard InChI is InChI=1S/C13H7BrF3N3S/c14-8-2-3-9(18-5-8)11-12(21)20-6-7(13(15,16)17)1-4-10(20)19-11/h1-6,21H. The smallest absolute Gasteiger partial charge is 0.294 e. The molecule has 0 N–H and O–H groups in total. The summed E-state index contributed by atoms with van der Waals surface area (Å²) in [4.78, 5) is 8.46. The van der Waals surface area contributed by atoms with Crippen molar-refractivity contribution in [3.8, 4) is 11.4 Å². The highest BCUT2D eigenvalue weighted by Gasteiger charge is 2.31. The van der Waals surface area contributed by atoms with Gasteiger partial charge in [-0.3, -0.25) is 9.38 Å². The Hall–Kier alpha value is -1.54. The van der Waals surface area contributed by atoms with E-state index in [-0.39, 0.29) is 0 Å². The lowest BCUT2D eigenvalue weighted by Crippen LogP contribution is -2.06. The minimum atomic E-state index is -4.41. The summed E-state index contributed by atoms with van der Waals surface area (Å²) in [6.07, 6.45) is -1.84.